The molecule has 1 fully saturated rings. The molecule has 1 aromatic heterocycles. The molecule has 0 spiro atoms. The van der Waals surface area contributed by atoms with Crippen molar-refractivity contribution in [3.05, 3.63) is 53.2 Å². The molecule has 25 heavy (non-hydrogen) atoms. The Morgan fingerprint density at radius 3 is 2.48 bits per heavy atom. The van der Waals surface area contributed by atoms with E-state index >= 15 is 0 Å². The maximum Gasteiger partial charge on any atom is 0.214 e. The average molecular weight is 381 g/mol. The molecular weight excluding hydrogens is 360 g/mol. The minimum absolute atomic E-state index is 0.000696. The minimum Gasteiger partial charge on any atom is -0.379 e. The zero-order chi connectivity index (χ0) is 18.0. The first-order chi connectivity index (χ1) is 11.9. The van der Waals surface area contributed by atoms with Gasteiger partial charge in [-0.05, 0) is 31.5 Å². The molecule has 1 saturated heterocycles. The molecule has 0 bridgehead atoms. The molecule has 0 saturated carbocycles. The molecule has 1 N–H and O–H groups in total. The highest BCUT2D eigenvalue weighted by Gasteiger charge is 2.33. The van der Waals surface area contributed by atoms with Crippen molar-refractivity contribution in [1.82, 2.24) is 9.71 Å². The van der Waals surface area contributed by atoms with Crippen molar-refractivity contribution in [3.8, 4) is 11.3 Å². The number of rotatable bonds is 5. The monoisotopic (exact) mass is 380 g/mol. The number of nitrogens with one attached hydrogen (secondary N) is 1. The summed E-state index contributed by atoms with van der Waals surface area (Å²) in [6.07, 6.45) is 1.62. The zero-order valence-electron chi connectivity index (χ0n) is 14.1. The molecule has 0 aliphatic carbocycles. The predicted octanol–water partition coefficient (Wildman–Crippen LogP) is 3.21. The third-order valence-corrected chi connectivity index (χ3v) is 6.47. The van der Waals surface area contributed by atoms with Gasteiger partial charge in [0, 0.05) is 17.7 Å². The summed E-state index contributed by atoms with van der Waals surface area (Å²) in [5.41, 5.74) is 2.88. The Bertz CT molecular complexity index is 820. The van der Waals surface area contributed by atoms with Crippen LogP contribution >= 0.6 is 11.6 Å². The van der Waals surface area contributed by atoms with E-state index in [0.717, 1.165) is 16.8 Å². The highest BCUT2D eigenvalue weighted by Crippen LogP contribution is 2.28. The normalized spacial score (nSPS) is 21.0. The molecule has 2 aromatic rings. The van der Waals surface area contributed by atoms with Gasteiger partial charge in [-0.15, -0.1) is 0 Å². The standard InChI is InChI=1S/C18H21ClN2O3S/c1-12(2)25(22,23)21-18-11-24-10-16(18)13-3-5-14(6-4-13)17-8-7-15(19)9-20-17/h3-9,12,16,18,21H,10-11H2,1-2H3. The lowest BCUT2D eigenvalue weighted by Gasteiger charge is -2.21. The van der Waals surface area contributed by atoms with Crippen molar-refractivity contribution < 1.29 is 13.2 Å². The summed E-state index contributed by atoms with van der Waals surface area (Å²) in [4.78, 5) is 4.31. The largest absolute Gasteiger partial charge is 0.379 e. The van der Waals surface area contributed by atoms with E-state index in [1.807, 2.05) is 30.3 Å². The van der Waals surface area contributed by atoms with Crippen LogP contribution in [0.1, 0.15) is 25.3 Å². The Labute approximate surface area is 153 Å². The molecule has 2 unspecified atom stereocenters. The van der Waals surface area contributed by atoms with Crippen LogP contribution in [-0.4, -0.2) is 37.9 Å². The Kier molecular flexibility index (Phi) is 5.43. The minimum atomic E-state index is -3.33. The van der Waals surface area contributed by atoms with Crippen LogP contribution in [-0.2, 0) is 14.8 Å². The Morgan fingerprint density at radius 1 is 1.16 bits per heavy atom. The summed E-state index contributed by atoms with van der Waals surface area (Å²) in [7, 11) is -3.33. The van der Waals surface area contributed by atoms with Crippen LogP contribution in [0, 0.1) is 0 Å². The van der Waals surface area contributed by atoms with E-state index < -0.39 is 15.3 Å². The lowest BCUT2D eigenvalue weighted by Crippen LogP contribution is -2.42. The summed E-state index contributed by atoms with van der Waals surface area (Å²) in [5, 5.41) is 0.135. The van der Waals surface area contributed by atoms with Crippen molar-refractivity contribution in [2.75, 3.05) is 13.2 Å². The molecule has 134 valence electrons. The summed E-state index contributed by atoms with van der Waals surface area (Å²) in [5.74, 6) is 0.000696. The molecule has 1 aliphatic heterocycles. The van der Waals surface area contributed by atoms with E-state index in [-0.39, 0.29) is 12.0 Å². The molecule has 0 radical (unpaired) electrons. The highest BCUT2D eigenvalue weighted by atomic mass is 35.5. The maximum atomic E-state index is 12.1. The van der Waals surface area contributed by atoms with Gasteiger partial charge >= 0.3 is 0 Å². The van der Waals surface area contributed by atoms with Crippen molar-refractivity contribution in [3.63, 3.8) is 0 Å². The van der Waals surface area contributed by atoms with Gasteiger partial charge in [0.2, 0.25) is 10.0 Å². The number of pyridine rings is 1. The van der Waals surface area contributed by atoms with Crippen LogP contribution in [0.4, 0.5) is 0 Å². The van der Waals surface area contributed by atoms with Gasteiger partial charge < -0.3 is 4.74 Å². The maximum absolute atomic E-state index is 12.1. The average Bonchev–Trinajstić information content (AvgIpc) is 3.03. The summed E-state index contributed by atoms with van der Waals surface area (Å²) >= 11 is 5.87. The fraction of sp³-hybridized carbons (Fsp3) is 0.389. The van der Waals surface area contributed by atoms with Gasteiger partial charge in [0.15, 0.2) is 0 Å². The van der Waals surface area contributed by atoms with Crippen LogP contribution < -0.4 is 4.72 Å². The first-order valence-corrected chi connectivity index (χ1v) is 10.1. The van der Waals surface area contributed by atoms with Gasteiger partial charge in [0.05, 0.1) is 35.2 Å². The van der Waals surface area contributed by atoms with Gasteiger partial charge in [0.25, 0.3) is 0 Å². The quantitative estimate of drug-likeness (QED) is 0.864. The SMILES string of the molecule is CC(C)S(=O)(=O)NC1COCC1c1ccc(-c2ccc(Cl)cn2)cc1. The van der Waals surface area contributed by atoms with Crippen molar-refractivity contribution in [2.24, 2.45) is 0 Å². The van der Waals surface area contributed by atoms with Gasteiger partial charge in [-0.3, -0.25) is 4.98 Å². The van der Waals surface area contributed by atoms with E-state index in [1.54, 1.807) is 26.1 Å². The lowest BCUT2D eigenvalue weighted by molar-refractivity contribution is 0.189. The van der Waals surface area contributed by atoms with Gasteiger partial charge in [-0.2, -0.15) is 0 Å². The fourth-order valence-electron chi connectivity index (χ4n) is 2.79. The van der Waals surface area contributed by atoms with Crippen molar-refractivity contribution in [2.45, 2.75) is 31.1 Å². The van der Waals surface area contributed by atoms with Gasteiger partial charge in [-0.1, -0.05) is 35.9 Å². The molecule has 2 heterocycles. The summed E-state index contributed by atoms with van der Waals surface area (Å²) < 4.78 is 32.6. The Morgan fingerprint density at radius 2 is 1.88 bits per heavy atom. The number of benzene rings is 1. The lowest BCUT2D eigenvalue weighted by atomic mass is 9.94. The molecule has 1 aliphatic rings. The molecule has 1 aromatic carbocycles. The van der Waals surface area contributed by atoms with E-state index in [0.29, 0.717) is 18.2 Å². The third kappa shape index (κ3) is 4.20. The van der Waals surface area contributed by atoms with Crippen LogP contribution in [0.3, 0.4) is 0 Å². The van der Waals surface area contributed by atoms with Crippen LogP contribution in [0.15, 0.2) is 42.6 Å². The van der Waals surface area contributed by atoms with E-state index in [9.17, 15) is 8.42 Å². The molecule has 2 atom stereocenters. The molecule has 3 rings (SSSR count). The van der Waals surface area contributed by atoms with E-state index in [4.69, 9.17) is 16.3 Å². The number of ether oxygens (including phenoxy) is 1. The first kappa shape index (κ1) is 18.3. The first-order valence-electron chi connectivity index (χ1n) is 8.17. The van der Waals surface area contributed by atoms with Crippen molar-refractivity contribution in [1.29, 1.82) is 0 Å². The summed E-state index contributed by atoms with van der Waals surface area (Å²) in [6.45, 7) is 4.23. The molecular formula is C18H21ClN2O3S. The number of aromatic nitrogens is 1. The van der Waals surface area contributed by atoms with Crippen LogP contribution in [0.2, 0.25) is 5.02 Å². The Balaban J connectivity index is 1.78. The highest BCUT2D eigenvalue weighted by molar-refractivity contribution is 7.90. The number of hydrogen-bond acceptors (Lipinski definition) is 4. The number of halogens is 1. The second-order valence-electron chi connectivity index (χ2n) is 6.45. The zero-order valence-corrected chi connectivity index (χ0v) is 15.7. The third-order valence-electron chi connectivity index (χ3n) is 4.38. The fourth-order valence-corrected chi connectivity index (χ4v) is 3.83. The van der Waals surface area contributed by atoms with E-state index in [1.165, 1.54) is 0 Å². The van der Waals surface area contributed by atoms with Crippen molar-refractivity contribution >= 4 is 21.6 Å². The number of nitrogens with zero attached hydrogens (tertiary/aromatic N) is 1. The number of hydrogen-bond donors (Lipinski definition) is 1. The van der Waals surface area contributed by atoms with Crippen LogP contribution in [0.5, 0.6) is 0 Å². The van der Waals surface area contributed by atoms with Gasteiger partial charge in [-0.25, -0.2) is 13.1 Å². The molecule has 7 heteroatoms. The van der Waals surface area contributed by atoms with Crippen LogP contribution in [0.25, 0.3) is 11.3 Å². The topological polar surface area (TPSA) is 68.3 Å². The molecule has 5 nitrogen and oxygen atoms in total. The molecule has 0 amide bonds. The smallest absolute Gasteiger partial charge is 0.214 e. The predicted molar refractivity (Wildman–Crippen MR) is 99.2 cm³/mol. The van der Waals surface area contributed by atoms with E-state index in [2.05, 4.69) is 9.71 Å². The second kappa shape index (κ2) is 7.41. The number of sulfonamides is 1. The summed E-state index contributed by atoms with van der Waals surface area (Å²) in [6, 6.07) is 11.4. The Hall–Kier alpha value is -1.47. The van der Waals surface area contributed by atoms with Gasteiger partial charge in [0.1, 0.15) is 0 Å². The second-order valence-corrected chi connectivity index (χ2v) is 9.15.